The molecular formula is C17H21FN4O. The zero-order valence-corrected chi connectivity index (χ0v) is 13.3. The Morgan fingerprint density at radius 1 is 1.22 bits per heavy atom. The van der Waals surface area contributed by atoms with Gasteiger partial charge in [0.25, 0.3) is 5.91 Å². The van der Waals surface area contributed by atoms with E-state index in [4.69, 9.17) is 0 Å². The highest BCUT2D eigenvalue weighted by molar-refractivity contribution is 5.93. The Hall–Kier alpha value is -2.47. The summed E-state index contributed by atoms with van der Waals surface area (Å²) in [6.07, 6.45) is 1.60. The first-order valence-electron chi connectivity index (χ1n) is 7.42. The Morgan fingerprint density at radius 3 is 2.65 bits per heavy atom. The van der Waals surface area contributed by atoms with Crippen molar-refractivity contribution in [3.63, 3.8) is 0 Å². The quantitative estimate of drug-likeness (QED) is 0.821. The molecular weight excluding hydrogens is 295 g/mol. The third-order valence-corrected chi connectivity index (χ3v) is 3.25. The van der Waals surface area contributed by atoms with Gasteiger partial charge in [0.15, 0.2) is 0 Å². The third kappa shape index (κ3) is 5.67. The molecule has 0 spiro atoms. The average molecular weight is 316 g/mol. The van der Waals surface area contributed by atoms with Crippen molar-refractivity contribution in [1.29, 1.82) is 0 Å². The monoisotopic (exact) mass is 316 g/mol. The van der Waals surface area contributed by atoms with Gasteiger partial charge < -0.3 is 15.5 Å². The number of benzene rings is 1. The summed E-state index contributed by atoms with van der Waals surface area (Å²) in [5.41, 5.74) is 2.04. The second-order valence-corrected chi connectivity index (χ2v) is 5.47. The molecule has 2 aromatic rings. The minimum Gasteiger partial charge on any atom is -0.384 e. The van der Waals surface area contributed by atoms with Crippen LogP contribution in [0, 0.1) is 5.82 Å². The highest BCUT2D eigenvalue weighted by Crippen LogP contribution is 2.08. The SMILES string of the molecule is CN(C)CCNc1ccnc(C(=O)NCc2ccc(F)cc2)c1. The molecule has 1 heterocycles. The number of halogens is 1. The Labute approximate surface area is 135 Å². The van der Waals surface area contributed by atoms with E-state index in [1.165, 1.54) is 12.1 Å². The number of rotatable bonds is 7. The molecule has 0 aliphatic carbocycles. The van der Waals surface area contributed by atoms with Gasteiger partial charge in [-0.05, 0) is 43.9 Å². The predicted molar refractivity (Wildman–Crippen MR) is 88.9 cm³/mol. The van der Waals surface area contributed by atoms with Gasteiger partial charge in [-0.3, -0.25) is 9.78 Å². The number of anilines is 1. The number of hydrogen-bond acceptors (Lipinski definition) is 4. The molecule has 0 atom stereocenters. The molecule has 1 aromatic carbocycles. The van der Waals surface area contributed by atoms with Crippen molar-refractivity contribution in [1.82, 2.24) is 15.2 Å². The van der Waals surface area contributed by atoms with Crippen LogP contribution >= 0.6 is 0 Å². The molecule has 0 bridgehead atoms. The van der Waals surface area contributed by atoms with E-state index >= 15 is 0 Å². The fraction of sp³-hybridized carbons (Fsp3) is 0.294. The van der Waals surface area contributed by atoms with Crippen molar-refractivity contribution in [2.24, 2.45) is 0 Å². The van der Waals surface area contributed by atoms with Crippen molar-refractivity contribution >= 4 is 11.6 Å². The van der Waals surface area contributed by atoms with E-state index < -0.39 is 0 Å². The summed E-state index contributed by atoms with van der Waals surface area (Å²) in [4.78, 5) is 18.3. The summed E-state index contributed by atoms with van der Waals surface area (Å²) in [6.45, 7) is 2.02. The maximum absolute atomic E-state index is 12.8. The molecule has 0 aliphatic rings. The fourth-order valence-electron chi connectivity index (χ4n) is 1.96. The number of aromatic nitrogens is 1. The van der Waals surface area contributed by atoms with Crippen LogP contribution < -0.4 is 10.6 Å². The fourth-order valence-corrected chi connectivity index (χ4v) is 1.96. The van der Waals surface area contributed by atoms with Gasteiger partial charge in [-0.1, -0.05) is 12.1 Å². The van der Waals surface area contributed by atoms with Crippen molar-refractivity contribution in [3.8, 4) is 0 Å². The van der Waals surface area contributed by atoms with Crippen LogP contribution in [0.5, 0.6) is 0 Å². The van der Waals surface area contributed by atoms with Crippen LogP contribution in [0.4, 0.5) is 10.1 Å². The van der Waals surface area contributed by atoms with Crippen LogP contribution in [0.2, 0.25) is 0 Å². The van der Waals surface area contributed by atoms with Crippen LogP contribution in [0.3, 0.4) is 0 Å². The first kappa shape index (κ1) is 16.9. The molecule has 122 valence electrons. The minimum atomic E-state index is -0.293. The second-order valence-electron chi connectivity index (χ2n) is 5.47. The van der Waals surface area contributed by atoms with Gasteiger partial charge in [-0.25, -0.2) is 4.39 Å². The number of carbonyl (C=O) groups is 1. The number of amides is 1. The molecule has 2 N–H and O–H groups in total. The van der Waals surface area contributed by atoms with E-state index in [-0.39, 0.29) is 11.7 Å². The van der Waals surface area contributed by atoms with Gasteiger partial charge in [0, 0.05) is 31.5 Å². The highest BCUT2D eigenvalue weighted by atomic mass is 19.1. The first-order valence-corrected chi connectivity index (χ1v) is 7.42. The summed E-state index contributed by atoms with van der Waals surface area (Å²) < 4.78 is 12.8. The molecule has 6 heteroatoms. The Balaban J connectivity index is 1.90. The largest absolute Gasteiger partial charge is 0.384 e. The van der Waals surface area contributed by atoms with Crippen LogP contribution in [-0.4, -0.2) is 43.0 Å². The first-order chi connectivity index (χ1) is 11.0. The number of nitrogens with zero attached hydrogens (tertiary/aromatic N) is 2. The van der Waals surface area contributed by atoms with Gasteiger partial charge in [0.05, 0.1) is 0 Å². The molecule has 1 amide bonds. The molecule has 0 fully saturated rings. The average Bonchev–Trinajstić information content (AvgIpc) is 2.54. The maximum atomic E-state index is 12.8. The molecule has 2 rings (SSSR count). The number of nitrogens with one attached hydrogen (secondary N) is 2. The van der Waals surface area contributed by atoms with E-state index in [1.54, 1.807) is 24.4 Å². The number of hydrogen-bond donors (Lipinski definition) is 2. The lowest BCUT2D eigenvalue weighted by Gasteiger charge is -2.12. The molecule has 1 aromatic heterocycles. The van der Waals surface area contributed by atoms with E-state index in [2.05, 4.69) is 20.5 Å². The van der Waals surface area contributed by atoms with Crippen molar-refractivity contribution < 1.29 is 9.18 Å². The number of carbonyl (C=O) groups excluding carboxylic acids is 1. The summed E-state index contributed by atoms with van der Waals surface area (Å²) >= 11 is 0. The number of pyridine rings is 1. The van der Waals surface area contributed by atoms with Gasteiger partial charge in [-0.15, -0.1) is 0 Å². The van der Waals surface area contributed by atoms with Crippen molar-refractivity contribution in [3.05, 3.63) is 59.7 Å². The zero-order valence-electron chi connectivity index (χ0n) is 13.3. The van der Waals surface area contributed by atoms with E-state index in [0.717, 1.165) is 24.3 Å². The number of likely N-dealkylation sites (N-methyl/N-ethyl adjacent to an activating group) is 1. The Bertz CT molecular complexity index is 643. The normalized spacial score (nSPS) is 10.6. The summed E-state index contributed by atoms with van der Waals surface area (Å²) in [5, 5.41) is 6.02. The van der Waals surface area contributed by atoms with E-state index in [0.29, 0.717) is 12.2 Å². The van der Waals surface area contributed by atoms with Crippen LogP contribution in [-0.2, 0) is 6.54 Å². The molecule has 0 saturated heterocycles. The molecule has 0 aliphatic heterocycles. The smallest absolute Gasteiger partial charge is 0.270 e. The lowest BCUT2D eigenvalue weighted by Crippen LogP contribution is -2.24. The van der Waals surface area contributed by atoms with Crippen LogP contribution in [0.25, 0.3) is 0 Å². The molecule has 0 saturated carbocycles. The summed E-state index contributed by atoms with van der Waals surface area (Å²) in [5.74, 6) is -0.552. The van der Waals surface area contributed by atoms with E-state index in [1.807, 2.05) is 20.2 Å². The molecule has 0 radical (unpaired) electrons. The lowest BCUT2D eigenvalue weighted by molar-refractivity contribution is 0.0946. The molecule has 23 heavy (non-hydrogen) atoms. The van der Waals surface area contributed by atoms with Crippen molar-refractivity contribution in [2.45, 2.75) is 6.54 Å². The zero-order chi connectivity index (χ0) is 16.7. The summed E-state index contributed by atoms with van der Waals surface area (Å²) in [7, 11) is 4.01. The minimum absolute atomic E-state index is 0.259. The topological polar surface area (TPSA) is 57.3 Å². The standard InChI is InChI=1S/C17H21FN4O/c1-22(2)10-9-19-15-7-8-20-16(11-15)17(23)21-12-13-3-5-14(18)6-4-13/h3-8,11H,9-10,12H2,1-2H3,(H,19,20)(H,21,23). The predicted octanol–water partition coefficient (Wildman–Crippen LogP) is 2.12. The highest BCUT2D eigenvalue weighted by Gasteiger charge is 2.08. The Morgan fingerprint density at radius 2 is 1.96 bits per heavy atom. The van der Waals surface area contributed by atoms with E-state index in [9.17, 15) is 9.18 Å². The van der Waals surface area contributed by atoms with Gasteiger partial charge in [-0.2, -0.15) is 0 Å². The summed E-state index contributed by atoms with van der Waals surface area (Å²) in [6, 6.07) is 9.57. The maximum Gasteiger partial charge on any atom is 0.270 e. The lowest BCUT2D eigenvalue weighted by atomic mass is 10.2. The van der Waals surface area contributed by atoms with Gasteiger partial charge in [0.2, 0.25) is 0 Å². The third-order valence-electron chi connectivity index (χ3n) is 3.25. The molecule has 5 nitrogen and oxygen atoms in total. The molecule has 0 unspecified atom stereocenters. The second kappa shape index (κ2) is 8.24. The van der Waals surface area contributed by atoms with Gasteiger partial charge in [0.1, 0.15) is 11.5 Å². The van der Waals surface area contributed by atoms with Crippen LogP contribution in [0.1, 0.15) is 16.1 Å². The van der Waals surface area contributed by atoms with Crippen LogP contribution in [0.15, 0.2) is 42.6 Å². The van der Waals surface area contributed by atoms with Crippen molar-refractivity contribution in [2.75, 3.05) is 32.5 Å². The van der Waals surface area contributed by atoms with Gasteiger partial charge >= 0.3 is 0 Å². The Kier molecular flexibility index (Phi) is 6.05.